The molecule has 6 nitrogen and oxygen atoms in total. The van der Waals surface area contributed by atoms with Crippen LogP contribution in [-0.2, 0) is 6.16 Å². The predicted molar refractivity (Wildman–Crippen MR) is 143 cm³/mol. The molecule has 0 bridgehead atoms. The zero-order valence-corrected chi connectivity index (χ0v) is 22.7. The van der Waals surface area contributed by atoms with Crippen molar-refractivity contribution in [2.24, 2.45) is 0 Å². The molecule has 0 unspecified atom stereocenters. The maximum atomic E-state index is 11.6. The van der Waals surface area contributed by atoms with Crippen LogP contribution in [0.1, 0.15) is 22.3 Å². The van der Waals surface area contributed by atoms with Gasteiger partial charge in [-0.25, -0.2) is 0 Å². The first-order valence-electron chi connectivity index (χ1n) is 11.2. The maximum absolute atomic E-state index is 11.6. The van der Waals surface area contributed by atoms with Crippen molar-refractivity contribution in [1.29, 1.82) is 0 Å². The number of rotatable bonds is 7. The number of benzene rings is 4. The Labute approximate surface area is 221 Å². The second kappa shape index (κ2) is 11.1. The van der Waals surface area contributed by atoms with Gasteiger partial charge in [-0.3, -0.25) is 20.2 Å². The molecule has 184 valence electrons. The van der Waals surface area contributed by atoms with Crippen LogP contribution < -0.4 is 32.9 Å². The summed E-state index contributed by atoms with van der Waals surface area (Å²) in [7, 11) is -2.40. The number of halogens is 1. The Kier molecular flexibility index (Phi) is 8.39. The van der Waals surface area contributed by atoms with Crippen molar-refractivity contribution < 1.29 is 26.8 Å². The summed E-state index contributed by atoms with van der Waals surface area (Å²) in [5.41, 5.74) is 3.35. The molecule has 0 N–H and O–H groups in total. The van der Waals surface area contributed by atoms with E-state index in [-0.39, 0.29) is 28.4 Å². The van der Waals surface area contributed by atoms with Crippen molar-refractivity contribution in [3.63, 3.8) is 0 Å². The summed E-state index contributed by atoms with van der Waals surface area (Å²) in [6.45, 7) is 6.13. The summed E-state index contributed by atoms with van der Waals surface area (Å²) in [6, 6.07) is 29.0. The summed E-state index contributed by atoms with van der Waals surface area (Å²) < 4.78 is 0. The molecule has 0 saturated carbocycles. The number of hydrogen-bond acceptors (Lipinski definition) is 4. The van der Waals surface area contributed by atoms with E-state index in [1.807, 2.05) is 57.2 Å². The highest BCUT2D eigenvalue weighted by molar-refractivity contribution is 7.95. The minimum Gasteiger partial charge on any atom is -1.00 e. The van der Waals surface area contributed by atoms with Crippen LogP contribution in [0.2, 0.25) is 0 Å². The number of aryl methyl sites for hydroxylation is 3. The van der Waals surface area contributed by atoms with Gasteiger partial charge in [0.2, 0.25) is 0 Å². The average molecular weight is 565 g/mol. The molecular weight excluding hydrogens is 539 g/mol. The molecular formula is C28H26BrN2O4P. The maximum Gasteiger partial charge on any atom is 0.276 e. The Morgan fingerprint density at radius 3 is 1.28 bits per heavy atom. The minimum atomic E-state index is -2.40. The molecule has 0 aromatic heterocycles. The van der Waals surface area contributed by atoms with Gasteiger partial charge in [-0.1, -0.05) is 36.4 Å². The van der Waals surface area contributed by atoms with Crippen LogP contribution >= 0.6 is 7.26 Å². The third-order valence-corrected chi connectivity index (χ3v) is 10.4. The van der Waals surface area contributed by atoms with E-state index < -0.39 is 17.1 Å². The molecule has 0 amide bonds. The summed E-state index contributed by atoms with van der Waals surface area (Å²) in [4.78, 5) is 22.1. The molecule has 0 aliphatic rings. The van der Waals surface area contributed by atoms with E-state index in [4.69, 9.17) is 0 Å². The van der Waals surface area contributed by atoms with Gasteiger partial charge in [-0.15, -0.1) is 0 Å². The standard InChI is InChI=1S/C28H26N2O4P.BrH/c1-20-7-4-10-26(13-20)35(27-11-5-8-21(2)14-27,28-12-6-9-22(3)15-28)19-23-16-24(29(31)32)18-25(17-23)30(33)34;/h4-18H,19H2,1-3H3;1H/q+1;/p-1. The summed E-state index contributed by atoms with van der Waals surface area (Å²) in [5.74, 6) is 0. The molecule has 4 aromatic carbocycles. The van der Waals surface area contributed by atoms with Crippen LogP contribution in [0.15, 0.2) is 91.0 Å². The zero-order valence-electron chi connectivity index (χ0n) is 20.2. The van der Waals surface area contributed by atoms with Gasteiger partial charge < -0.3 is 17.0 Å². The lowest BCUT2D eigenvalue weighted by atomic mass is 10.2. The van der Waals surface area contributed by atoms with Crippen LogP contribution in [0.25, 0.3) is 0 Å². The second-order valence-corrected chi connectivity index (χ2v) is 12.3. The zero-order chi connectivity index (χ0) is 25.2. The highest BCUT2D eigenvalue weighted by atomic mass is 79.9. The number of nitro groups is 2. The summed E-state index contributed by atoms with van der Waals surface area (Å²) >= 11 is 0. The molecule has 0 saturated heterocycles. The second-order valence-electron chi connectivity index (χ2n) is 8.86. The van der Waals surface area contributed by atoms with E-state index in [0.717, 1.165) is 38.7 Å². The topological polar surface area (TPSA) is 86.3 Å². The molecule has 0 spiro atoms. The molecule has 0 aliphatic carbocycles. The minimum absolute atomic E-state index is 0. The number of nitro benzene ring substituents is 2. The average Bonchev–Trinajstić information content (AvgIpc) is 2.82. The third kappa shape index (κ3) is 5.53. The van der Waals surface area contributed by atoms with Gasteiger partial charge in [-0.05, 0) is 73.9 Å². The lowest BCUT2D eigenvalue weighted by Crippen LogP contribution is -3.00. The molecule has 0 radical (unpaired) electrons. The summed E-state index contributed by atoms with van der Waals surface area (Å²) in [6.07, 6.45) is 0.423. The molecule has 4 aromatic rings. The van der Waals surface area contributed by atoms with E-state index >= 15 is 0 Å². The summed E-state index contributed by atoms with van der Waals surface area (Å²) in [5, 5.41) is 26.6. The van der Waals surface area contributed by atoms with Crippen molar-refractivity contribution in [3.05, 3.63) is 133 Å². The van der Waals surface area contributed by atoms with Crippen molar-refractivity contribution in [2.45, 2.75) is 26.9 Å². The predicted octanol–water partition coefficient (Wildman–Crippen LogP) is 2.93. The fourth-order valence-electron chi connectivity index (χ4n) is 4.55. The smallest absolute Gasteiger partial charge is 0.276 e. The molecule has 0 atom stereocenters. The SMILES string of the molecule is Cc1cccc([P+](Cc2cc([N+](=O)[O-])cc([N+](=O)[O-])c2)(c2cccc(C)c2)c2cccc(C)c2)c1.[Br-]. The van der Waals surface area contributed by atoms with Crippen LogP contribution in [0.4, 0.5) is 11.4 Å². The molecule has 0 aliphatic heterocycles. The highest BCUT2D eigenvalue weighted by Crippen LogP contribution is 2.58. The van der Waals surface area contributed by atoms with Crippen molar-refractivity contribution in [2.75, 3.05) is 0 Å². The quantitative estimate of drug-likeness (QED) is 0.196. The van der Waals surface area contributed by atoms with Crippen molar-refractivity contribution in [3.8, 4) is 0 Å². The Morgan fingerprint density at radius 1 is 0.611 bits per heavy atom. The van der Waals surface area contributed by atoms with E-state index in [1.165, 1.54) is 12.1 Å². The Hall–Kier alpha value is -3.41. The largest absolute Gasteiger partial charge is 1.00 e. The van der Waals surface area contributed by atoms with E-state index in [2.05, 4.69) is 36.4 Å². The normalized spacial score (nSPS) is 11.0. The Bertz CT molecular complexity index is 1300. The molecule has 0 fully saturated rings. The first kappa shape index (κ1) is 27.2. The third-order valence-electron chi connectivity index (χ3n) is 6.13. The van der Waals surface area contributed by atoms with Gasteiger partial charge in [0.1, 0.15) is 23.2 Å². The highest BCUT2D eigenvalue weighted by Gasteiger charge is 2.46. The van der Waals surface area contributed by atoms with Crippen LogP contribution in [0.5, 0.6) is 0 Å². The molecule has 8 heteroatoms. The Balaban J connectivity index is 0.00000361. The number of nitrogens with zero attached hydrogens (tertiary/aromatic N) is 2. The van der Waals surface area contributed by atoms with Crippen LogP contribution in [-0.4, -0.2) is 9.85 Å². The first-order chi connectivity index (χ1) is 16.7. The number of non-ortho nitro benzene ring substituents is 2. The van der Waals surface area contributed by atoms with Gasteiger partial charge in [0.25, 0.3) is 11.4 Å². The van der Waals surface area contributed by atoms with E-state index in [0.29, 0.717) is 11.7 Å². The lowest BCUT2D eigenvalue weighted by molar-refractivity contribution is -0.394. The molecule has 36 heavy (non-hydrogen) atoms. The van der Waals surface area contributed by atoms with Gasteiger partial charge in [0, 0.05) is 17.7 Å². The monoisotopic (exact) mass is 564 g/mol. The van der Waals surface area contributed by atoms with Gasteiger partial charge in [0.05, 0.1) is 22.1 Å². The Morgan fingerprint density at radius 2 is 0.972 bits per heavy atom. The van der Waals surface area contributed by atoms with E-state index in [9.17, 15) is 20.2 Å². The van der Waals surface area contributed by atoms with Gasteiger partial charge >= 0.3 is 0 Å². The van der Waals surface area contributed by atoms with Crippen LogP contribution in [0.3, 0.4) is 0 Å². The fraction of sp³-hybridized carbons (Fsp3) is 0.143. The van der Waals surface area contributed by atoms with Gasteiger partial charge in [-0.2, -0.15) is 0 Å². The molecule has 4 rings (SSSR count). The lowest BCUT2D eigenvalue weighted by Gasteiger charge is -2.28. The number of hydrogen-bond donors (Lipinski definition) is 0. The van der Waals surface area contributed by atoms with Crippen molar-refractivity contribution in [1.82, 2.24) is 0 Å². The fourth-order valence-corrected chi connectivity index (χ4v) is 9.02. The van der Waals surface area contributed by atoms with Crippen molar-refractivity contribution >= 4 is 34.6 Å². The molecule has 0 heterocycles. The van der Waals surface area contributed by atoms with E-state index in [1.54, 1.807) is 0 Å². The van der Waals surface area contributed by atoms with Gasteiger partial charge in [0.15, 0.2) is 0 Å². The first-order valence-corrected chi connectivity index (χ1v) is 13.2. The van der Waals surface area contributed by atoms with Crippen LogP contribution in [0, 0.1) is 41.0 Å².